The van der Waals surface area contributed by atoms with E-state index in [9.17, 15) is 4.79 Å². The highest BCUT2D eigenvalue weighted by molar-refractivity contribution is 5.76. The monoisotopic (exact) mass is 265 g/mol. The van der Waals surface area contributed by atoms with E-state index < -0.39 is 0 Å². The molecule has 0 N–H and O–H groups in total. The van der Waals surface area contributed by atoms with Gasteiger partial charge in [0, 0.05) is 11.4 Å². The van der Waals surface area contributed by atoms with Gasteiger partial charge < -0.3 is 0 Å². The number of hydrogen-bond acceptors (Lipinski definition) is 3. The number of hydrogen-bond donors (Lipinski definition) is 0. The zero-order valence-corrected chi connectivity index (χ0v) is 11.7. The Balaban J connectivity index is 2.46. The van der Waals surface area contributed by atoms with Crippen LogP contribution in [0.3, 0.4) is 0 Å². The van der Waals surface area contributed by atoms with Crippen LogP contribution in [-0.4, -0.2) is 14.5 Å². The summed E-state index contributed by atoms with van der Waals surface area (Å²) in [5.41, 5.74) is 3.44. The number of aryl methyl sites for hydroxylation is 3. The molecule has 0 aliphatic heterocycles. The summed E-state index contributed by atoms with van der Waals surface area (Å²) in [5, 5.41) is 0.544. The van der Waals surface area contributed by atoms with Gasteiger partial charge in [0.05, 0.1) is 5.39 Å². The molecule has 3 aromatic rings. The molecule has 1 aromatic carbocycles. The fourth-order valence-electron chi connectivity index (χ4n) is 2.37. The van der Waals surface area contributed by atoms with Crippen molar-refractivity contribution >= 4 is 11.0 Å². The lowest BCUT2D eigenvalue weighted by Crippen LogP contribution is -2.17. The summed E-state index contributed by atoms with van der Waals surface area (Å²) in [5.74, 6) is 0.645. The Kier molecular flexibility index (Phi) is 2.86. The molecule has 4 heteroatoms. The lowest BCUT2D eigenvalue weighted by molar-refractivity contribution is 0.912. The van der Waals surface area contributed by atoms with E-state index in [0.717, 1.165) is 16.9 Å². The molecule has 0 aliphatic carbocycles. The molecule has 3 rings (SSSR count). The summed E-state index contributed by atoms with van der Waals surface area (Å²) in [6.07, 6.45) is 0. The van der Waals surface area contributed by atoms with E-state index in [-0.39, 0.29) is 5.56 Å². The number of nitrogens with zero attached hydrogens (tertiary/aromatic N) is 3. The molecular weight excluding hydrogens is 250 g/mol. The van der Waals surface area contributed by atoms with E-state index in [1.165, 1.54) is 0 Å². The molecule has 0 saturated heterocycles. The van der Waals surface area contributed by atoms with Gasteiger partial charge in [0.15, 0.2) is 5.65 Å². The Morgan fingerprint density at radius 2 is 1.80 bits per heavy atom. The Bertz CT molecular complexity index is 865. The van der Waals surface area contributed by atoms with Crippen molar-refractivity contribution in [3.63, 3.8) is 0 Å². The van der Waals surface area contributed by atoms with Gasteiger partial charge >= 0.3 is 0 Å². The predicted octanol–water partition coefficient (Wildman–Crippen LogP) is 2.71. The largest absolute Gasteiger partial charge is 0.282 e. The van der Waals surface area contributed by atoms with Gasteiger partial charge in [-0.05, 0) is 50.6 Å². The third-order valence-corrected chi connectivity index (χ3v) is 3.30. The highest BCUT2D eigenvalue weighted by atomic mass is 16.1. The molecule has 0 unspecified atom stereocenters. The number of fused-ring (bicyclic) bond motifs is 1. The van der Waals surface area contributed by atoms with Crippen LogP contribution in [0.2, 0.25) is 0 Å². The first kappa shape index (κ1) is 12.5. The second-order valence-electron chi connectivity index (χ2n) is 4.96. The van der Waals surface area contributed by atoms with Crippen LogP contribution in [0.1, 0.15) is 17.1 Å². The standard InChI is InChI=1S/C16H15N3O/c1-10-5-4-6-13(9-10)19-12(3)18-16(20)14-8-7-11(2)17-15(14)19/h4-9H,1-3H3. The van der Waals surface area contributed by atoms with Gasteiger partial charge in [-0.15, -0.1) is 0 Å². The predicted molar refractivity (Wildman–Crippen MR) is 79.3 cm³/mol. The van der Waals surface area contributed by atoms with Crippen molar-refractivity contribution in [3.8, 4) is 5.69 Å². The maximum Gasteiger partial charge on any atom is 0.282 e. The summed E-state index contributed by atoms with van der Waals surface area (Å²) in [4.78, 5) is 20.6. The summed E-state index contributed by atoms with van der Waals surface area (Å²) < 4.78 is 1.93. The van der Waals surface area contributed by atoms with E-state index in [0.29, 0.717) is 16.9 Å². The molecule has 0 saturated carbocycles. The first-order valence-electron chi connectivity index (χ1n) is 6.50. The van der Waals surface area contributed by atoms with Gasteiger partial charge in [-0.25, -0.2) is 4.98 Å². The molecule has 0 atom stereocenters. The van der Waals surface area contributed by atoms with Gasteiger partial charge in [0.2, 0.25) is 0 Å². The molecule has 0 bridgehead atoms. The van der Waals surface area contributed by atoms with Crippen molar-refractivity contribution in [1.29, 1.82) is 0 Å². The van der Waals surface area contributed by atoms with Crippen LogP contribution in [-0.2, 0) is 0 Å². The van der Waals surface area contributed by atoms with Gasteiger partial charge in [0.1, 0.15) is 5.82 Å². The lowest BCUT2D eigenvalue weighted by Gasteiger charge is -2.13. The minimum absolute atomic E-state index is 0.228. The molecular formula is C16H15N3O. The highest BCUT2D eigenvalue weighted by Crippen LogP contribution is 2.17. The summed E-state index contributed by atoms with van der Waals surface area (Å²) in [6, 6.07) is 11.7. The van der Waals surface area contributed by atoms with Crippen molar-refractivity contribution in [2.24, 2.45) is 0 Å². The first-order valence-corrected chi connectivity index (χ1v) is 6.50. The third-order valence-electron chi connectivity index (χ3n) is 3.30. The van der Waals surface area contributed by atoms with Gasteiger partial charge in [-0.1, -0.05) is 12.1 Å². The van der Waals surface area contributed by atoms with Crippen LogP contribution in [0.15, 0.2) is 41.2 Å². The number of aromatic nitrogens is 3. The molecule has 100 valence electrons. The average molecular weight is 265 g/mol. The molecule has 2 aromatic heterocycles. The van der Waals surface area contributed by atoms with Crippen molar-refractivity contribution < 1.29 is 0 Å². The second kappa shape index (κ2) is 4.56. The molecule has 20 heavy (non-hydrogen) atoms. The topological polar surface area (TPSA) is 47.8 Å². The Morgan fingerprint density at radius 1 is 1.00 bits per heavy atom. The van der Waals surface area contributed by atoms with Gasteiger partial charge in [-0.2, -0.15) is 4.98 Å². The van der Waals surface area contributed by atoms with E-state index in [1.54, 1.807) is 6.07 Å². The zero-order chi connectivity index (χ0) is 14.3. The lowest BCUT2D eigenvalue weighted by atomic mass is 10.2. The summed E-state index contributed by atoms with van der Waals surface area (Å²) >= 11 is 0. The maximum absolute atomic E-state index is 12.0. The van der Waals surface area contributed by atoms with Crippen LogP contribution in [0, 0.1) is 20.8 Å². The van der Waals surface area contributed by atoms with Crippen LogP contribution in [0.25, 0.3) is 16.7 Å². The number of pyridine rings is 1. The van der Waals surface area contributed by atoms with Crippen LogP contribution in [0.4, 0.5) is 0 Å². The van der Waals surface area contributed by atoms with Crippen molar-refractivity contribution in [1.82, 2.24) is 14.5 Å². The quantitative estimate of drug-likeness (QED) is 0.679. The smallest absolute Gasteiger partial charge is 0.282 e. The maximum atomic E-state index is 12.0. The SMILES string of the molecule is Cc1cccc(-n2c(C)nc(=O)c3ccc(C)nc32)c1. The normalized spacial score (nSPS) is 10.9. The van der Waals surface area contributed by atoms with Crippen molar-refractivity contribution in [2.45, 2.75) is 20.8 Å². The Labute approximate surface area is 116 Å². The van der Waals surface area contributed by atoms with Crippen molar-refractivity contribution in [3.05, 3.63) is 63.8 Å². The molecule has 0 fully saturated rings. The Hall–Kier alpha value is -2.49. The van der Waals surface area contributed by atoms with E-state index in [1.807, 2.05) is 49.6 Å². The minimum atomic E-state index is -0.228. The Morgan fingerprint density at radius 3 is 2.55 bits per heavy atom. The van der Waals surface area contributed by atoms with Crippen LogP contribution in [0.5, 0.6) is 0 Å². The minimum Gasteiger partial charge on any atom is -0.282 e. The molecule has 4 nitrogen and oxygen atoms in total. The zero-order valence-electron chi connectivity index (χ0n) is 11.7. The molecule has 2 heterocycles. The molecule has 0 radical (unpaired) electrons. The van der Waals surface area contributed by atoms with Gasteiger partial charge in [-0.3, -0.25) is 9.36 Å². The fraction of sp³-hybridized carbons (Fsp3) is 0.188. The number of rotatable bonds is 1. The van der Waals surface area contributed by atoms with Crippen molar-refractivity contribution in [2.75, 3.05) is 0 Å². The van der Waals surface area contributed by atoms with Gasteiger partial charge in [0.25, 0.3) is 5.56 Å². The molecule has 0 spiro atoms. The van der Waals surface area contributed by atoms with Crippen LogP contribution < -0.4 is 5.56 Å². The van der Waals surface area contributed by atoms with E-state index in [4.69, 9.17) is 0 Å². The first-order chi connectivity index (χ1) is 9.56. The van der Waals surface area contributed by atoms with Crippen LogP contribution >= 0.6 is 0 Å². The second-order valence-corrected chi connectivity index (χ2v) is 4.96. The third kappa shape index (κ3) is 1.99. The van der Waals surface area contributed by atoms with E-state index >= 15 is 0 Å². The summed E-state index contributed by atoms with van der Waals surface area (Å²) in [7, 11) is 0. The number of benzene rings is 1. The summed E-state index contributed by atoms with van der Waals surface area (Å²) in [6.45, 7) is 5.78. The molecule has 0 aliphatic rings. The molecule has 0 amide bonds. The van der Waals surface area contributed by atoms with E-state index in [2.05, 4.69) is 16.0 Å². The average Bonchev–Trinajstić information content (AvgIpc) is 2.38. The fourth-order valence-corrected chi connectivity index (χ4v) is 2.37. The highest BCUT2D eigenvalue weighted by Gasteiger charge is 2.11.